The monoisotopic (exact) mass is 248 g/mol. The Labute approximate surface area is 110 Å². The fourth-order valence-electron chi connectivity index (χ4n) is 3.10. The van der Waals surface area contributed by atoms with Crippen molar-refractivity contribution in [2.24, 2.45) is 11.8 Å². The van der Waals surface area contributed by atoms with Gasteiger partial charge in [0.05, 0.1) is 13.2 Å². The highest BCUT2D eigenvalue weighted by Gasteiger charge is 2.28. The summed E-state index contributed by atoms with van der Waals surface area (Å²) < 4.78 is 5.60. The van der Waals surface area contributed by atoms with Crippen LogP contribution in [0.15, 0.2) is 12.1 Å². The molecule has 1 unspecified atom stereocenters. The summed E-state index contributed by atoms with van der Waals surface area (Å²) in [6.07, 6.45) is 5.14. The highest BCUT2D eigenvalue weighted by molar-refractivity contribution is 5.47. The van der Waals surface area contributed by atoms with Gasteiger partial charge in [-0.3, -0.25) is 11.3 Å². The van der Waals surface area contributed by atoms with E-state index in [0.29, 0.717) is 5.92 Å². The van der Waals surface area contributed by atoms with Crippen LogP contribution in [0.3, 0.4) is 0 Å². The summed E-state index contributed by atoms with van der Waals surface area (Å²) in [6, 6.07) is 4.53. The predicted molar refractivity (Wildman–Crippen MR) is 74.5 cm³/mol. The summed E-state index contributed by atoms with van der Waals surface area (Å²) in [7, 11) is 1.74. The van der Waals surface area contributed by atoms with E-state index in [4.69, 9.17) is 10.6 Å². The molecule has 0 amide bonds. The van der Waals surface area contributed by atoms with E-state index in [-0.39, 0.29) is 6.04 Å². The first-order valence-corrected chi connectivity index (χ1v) is 6.79. The van der Waals surface area contributed by atoms with Crippen LogP contribution in [-0.4, -0.2) is 7.11 Å². The quantitative estimate of drug-likeness (QED) is 0.636. The third-order valence-corrected chi connectivity index (χ3v) is 4.30. The van der Waals surface area contributed by atoms with Gasteiger partial charge in [-0.05, 0) is 43.7 Å². The normalized spacial score (nSPS) is 18.0. The number of ether oxygens (including phenoxy) is 1. The Hall–Kier alpha value is -1.06. The molecule has 2 rings (SSSR count). The van der Waals surface area contributed by atoms with Crippen LogP contribution in [-0.2, 0) is 0 Å². The fourth-order valence-corrected chi connectivity index (χ4v) is 3.10. The maximum absolute atomic E-state index is 5.79. The number of benzene rings is 1. The van der Waals surface area contributed by atoms with Crippen LogP contribution >= 0.6 is 0 Å². The van der Waals surface area contributed by atoms with Crippen molar-refractivity contribution in [2.75, 3.05) is 7.11 Å². The molecule has 0 aliphatic heterocycles. The minimum Gasteiger partial charge on any atom is -0.496 e. The lowest BCUT2D eigenvalue weighted by Gasteiger charge is -2.26. The summed E-state index contributed by atoms with van der Waals surface area (Å²) in [6.45, 7) is 4.22. The molecule has 0 aromatic heterocycles. The molecule has 1 fully saturated rings. The largest absolute Gasteiger partial charge is 0.496 e. The number of hydrogen-bond acceptors (Lipinski definition) is 3. The molecule has 18 heavy (non-hydrogen) atoms. The Kier molecular flexibility index (Phi) is 4.25. The van der Waals surface area contributed by atoms with Crippen molar-refractivity contribution >= 4 is 0 Å². The molecule has 0 bridgehead atoms. The third-order valence-electron chi connectivity index (χ3n) is 4.30. The van der Waals surface area contributed by atoms with Gasteiger partial charge in [-0.25, -0.2) is 0 Å². The smallest absolute Gasteiger partial charge is 0.126 e. The minimum atomic E-state index is 0.210. The van der Waals surface area contributed by atoms with E-state index in [0.717, 1.165) is 5.75 Å². The van der Waals surface area contributed by atoms with Crippen LogP contribution in [0.2, 0.25) is 0 Å². The van der Waals surface area contributed by atoms with Crippen molar-refractivity contribution in [1.82, 2.24) is 5.43 Å². The SMILES string of the molecule is COc1c(C(NN)C2CCCC2)ccc(C)c1C. The molecule has 100 valence electrons. The van der Waals surface area contributed by atoms with Gasteiger partial charge in [0.1, 0.15) is 5.75 Å². The van der Waals surface area contributed by atoms with E-state index in [1.807, 2.05) is 0 Å². The molecule has 0 radical (unpaired) electrons. The Morgan fingerprint density at radius 3 is 2.50 bits per heavy atom. The average molecular weight is 248 g/mol. The molecule has 0 saturated heterocycles. The first-order valence-electron chi connectivity index (χ1n) is 6.79. The number of aryl methyl sites for hydroxylation is 1. The van der Waals surface area contributed by atoms with Crippen molar-refractivity contribution in [2.45, 2.75) is 45.6 Å². The number of nitrogens with two attached hydrogens (primary N) is 1. The van der Waals surface area contributed by atoms with E-state index in [2.05, 4.69) is 31.4 Å². The Bertz CT molecular complexity index is 411. The van der Waals surface area contributed by atoms with Crippen LogP contribution in [0.4, 0.5) is 0 Å². The van der Waals surface area contributed by atoms with Gasteiger partial charge in [-0.1, -0.05) is 25.0 Å². The van der Waals surface area contributed by atoms with Crippen molar-refractivity contribution in [3.63, 3.8) is 0 Å². The maximum Gasteiger partial charge on any atom is 0.126 e. The molecule has 1 aliphatic rings. The summed E-state index contributed by atoms with van der Waals surface area (Å²) in [4.78, 5) is 0. The van der Waals surface area contributed by atoms with E-state index in [1.165, 1.54) is 42.4 Å². The van der Waals surface area contributed by atoms with Gasteiger partial charge in [0.25, 0.3) is 0 Å². The number of methoxy groups -OCH3 is 1. The van der Waals surface area contributed by atoms with Gasteiger partial charge >= 0.3 is 0 Å². The number of hydrazine groups is 1. The van der Waals surface area contributed by atoms with E-state index in [1.54, 1.807) is 7.11 Å². The molecule has 1 aromatic carbocycles. The average Bonchev–Trinajstić information content (AvgIpc) is 2.89. The van der Waals surface area contributed by atoms with Crippen LogP contribution in [0.1, 0.15) is 48.4 Å². The summed E-state index contributed by atoms with van der Waals surface area (Å²) in [5.74, 6) is 7.41. The second-order valence-electron chi connectivity index (χ2n) is 5.32. The molecule has 1 aromatic rings. The zero-order chi connectivity index (χ0) is 13.1. The van der Waals surface area contributed by atoms with Crippen molar-refractivity contribution < 1.29 is 4.74 Å². The first kappa shape index (κ1) is 13.4. The highest BCUT2D eigenvalue weighted by atomic mass is 16.5. The van der Waals surface area contributed by atoms with Gasteiger partial charge < -0.3 is 4.74 Å². The Morgan fingerprint density at radius 2 is 1.94 bits per heavy atom. The van der Waals surface area contributed by atoms with Gasteiger partial charge in [-0.2, -0.15) is 0 Å². The number of nitrogens with one attached hydrogen (secondary N) is 1. The molecule has 0 spiro atoms. The summed E-state index contributed by atoms with van der Waals surface area (Å²) >= 11 is 0. The second-order valence-corrected chi connectivity index (χ2v) is 5.32. The van der Waals surface area contributed by atoms with Gasteiger partial charge in [0.15, 0.2) is 0 Å². The zero-order valence-corrected chi connectivity index (χ0v) is 11.6. The lowest BCUT2D eigenvalue weighted by atomic mass is 9.89. The van der Waals surface area contributed by atoms with Crippen LogP contribution in [0, 0.1) is 19.8 Å². The maximum atomic E-state index is 5.79. The number of hydrogen-bond donors (Lipinski definition) is 2. The lowest BCUT2D eigenvalue weighted by molar-refractivity contribution is 0.347. The van der Waals surface area contributed by atoms with Crippen LogP contribution in [0.25, 0.3) is 0 Å². The molecule has 1 aliphatic carbocycles. The van der Waals surface area contributed by atoms with Gasteiger partial charge in [0.2, 0.25) is 0 Å². The summed E-state index contributed by atoms with van der Waals surface area (Å²) in [5.41, 5.74) is 6.68. The fraction of sp³-hybridized carbons (Fsp3) is 0.600. The molecule has 1 atom stereocenters. The van der Waals surface area contributed by atoms with Gasteiger partial charge in [-0.15, -0.1) is 0 Å². The lowest BCUT2D eigenvalue weighted by Crippen LogP contribution is -2.33. The number of rotatable bonds is 4. The zero-order valence-electron chi connectivity index (χ0n) is 11.6. The van der Waals surface area contributed by atoms with E-state index >= 15 is 0 Å². The molecule has 3 N–H and O–H groups in total. The van der Waals surface area contributed by atoms with Crippen molar-refractivity contribution in [3.8, 4) is 5.75 Å². The predicted octanol–water partition coefficient (Wildman–Crippen LogP) is 3.01. The highest BCUT2D eigenvalue weighted by Crippen LogP contribution is 2.40. The third kappa shape index (κ3) is 2.38. The molecule has 3 heteroatoms. The van der Waals surface area contributed by atoms with Crippen LogP contribution < -0.4 is 16.0 Å². The molecular weight excluding hydrogens is 224 g/mol. The molecule has 0 heterocycles. The summed E-state index contributed by atoms with van der Waals surface area (Å²) in [5, 5.41) is 0. The molecule has 1 saturated carbocycles. The van der Waals surface area contributed by atoms with Gasteiger partial charge in [0, 0.05) is 5.56 Å². The molecular formula is C15H24N2O. The van der Waals surface area contributed by atoms with Crippen molar-refractivity contribution in [3.05, 3.63) is 28.8 Å². The van der Waals surface area contributed by atoms with Crippen LogP contribution in [0.5, 0.6) is 5.75 Å². The minimum absolute atomic E-state index is 0.210. The molecule has 3 nitrogen and oxygen atoms in total. The Morgan fingerprint density at radius 1 is 1.28 bits per heavy atom. The van der Waals surface area contributed by atoms with Crippen molar-refractivity contribution in [1.29, 1.82) is 0 Å². The second kappa shape index (κ2) is 5.72. The standard InChI is InChI=1S/C15H24N2O/c1-10-8-9-13(15(18-3)11(10)2)14(17-16)12-6-4-5-7-12/h8-9,12,14,17H,4-7,16H2,1-3H3. The first-order chi connectivity index (χ1) is 8.69. The topological polar surface area (TPSA) is 47.3 Å². The van der Waals surface area contributed by atoms with E-state index < -0.39 is 0 Å². The Balaban J connectivity index is 2.38. The van der Waals surface area contributed by atoms with E-state index in [9.17, 15) is 0 Å².